The number of hydrogen-bond acceptors (Lipinski definition) is 3. The summed E-state index contributed by atoms with van der Waals surface area (Å²) in [4.78, 5) is 35.3. The molecule has 1 aromatic rings. The minimum Gasteiger partial charge on any atom is -0.324 e. The van der Waals surface area contributed by atoms with Crippen LogP contribution in [0.2, 0.25) is 0 Å². The zero-order valence-electron chi connectivity index (χ0n) is 10.6. The molecular weight excluding hydrogens is 399 g/mol. The summed E-state index contributed by atoms with van der Waals surface area (Å²) in [5, 5.41) is 4.37. The summed E-state index contributed by atoms with van der Waals surface area (Å²) < 4.78 is 26.5. The number of urea groups is 1. The minimum atomic E-state index is -0.785. The first-order chi connectivity index (χ1) is 9.86. The van der Waals surface area contributed by atoms with Crippen LogP contribution in [0.1, 0.15) is 6.42 Å². The second-order valence-corrected chi connectivity index (χ2v) is 5.41. The third kappa shape index (κ3) is 3.86. The van der Waals surface area contributed by atoms with Gasteiger partial charge in [0.05, 0.1) is 3.57 Å². The summed E-state index contributed by atoms with van der Waals surface area (Å²) in [6.45, 7) is -0.193. The van der Waals surface area contributed by atoms with Crippen LogP contribution in [0.4, 0.5) is 19.3 Å². The number of nitrogens with one attached hydrogen (secondary N) is 2. The Balaban J connectivity index is 1.99. The van der Waals surface area contributed by atoms with Gasteiger partial charge in [0.1, 0.15) is 18.2 Å². The predicted octanol–water partition coefficient (Wildman–Crippen LogP) is 1.45. The van der Waals surface area contributed by atoms with Gasteiger partial charge in [-0.3, -0.25) is 14.9 Å². The van der Waals surface area contributed by atoms with E-state index in [0.717, 1.165) is 17.0 Å². The summed E-state index contributed by atoms with van der Waals surface area (Å²) in [6.07, 6.45) is 0.103. The first-order valence-corrected chi connectivity index (χ1v) is 6.98. The van der Waals surface area contributed by atoms with Crippen molar-refractivity contribution < 1.29 is 23.2 Å². The molecule has 0 radical (unpaired) electrons. The molecule has 0 atom stereocenters. The largest absolute Gasteiger partial charge is 0.324 e. The normalized spacial score (nSPS) is 14.9. The standard InChI is InChI=1S/C12H10F2IN3O3/c13-7-3-6(4-8(14)11(7)15)16-10(20)5-18-2-1-9(19)17-12(18)21/h3-4H,1-2,5H2,(H,16,20)(H,17,19,21). The number of benzene rings is 1. The Hall–Kier alpha value is -1.78. The number of carbonyl (C=O) groups excluding carboxylic acids is 3. The van der Waals surface area contributed by atoms with Gasteiger partial charge >= 0.3 is 6.03 Å². The number of hydrogen-bond donors (Lipinski definition) is 2. The van der Waals surface area contributed by atoms with E-state index >= 15 is 0 Å². The van der Waals surface area contributed by atoms with Gasteiger partial charge in [0.15, 0.2) is 0 Å². The van der Waals surface area contributed by atoms with Crippen molar-refractivity contribution >= 4 is 46.1 Å². The Morgan fingerprint density at radius 3 is 2.52 bits per heavy atom. The predicted molar refractivity (Wildman–Crippen MR) is 77.4 cm³/mol. The Labute approximate surface area is 132 Å². The fourth-order valence-corrected chi connectivity index (χ4v) is 2.06. The number of halogens is 3. The summed E-state index contributed by atoms with van der Waals surface area (Å²) in [7, 11) is 0. The molecule has 1 saturated heterocycles. The molecule has 0 unspecified atom stereocenters. The third-order valence-electron chi connectivity index (χ3n) is 2.74. The molecule has 1 aliphatic rings. The molecule has 0 saturated carbocycles. The van der Waals surface area contributed by atoms with Crippen molar-refractivity contribution in [3.05, 3.63) is 27.3 Å². The maximum atomic E-state index is 13.3. The molecule has 0 bridgehead atoms. The van der Waals surface area contributed by atoms with E-state index in [4.69, 9.17) is 0 Å². The highest BCUT2D eigenvalue weighted by Gasteiger charge is 2.24. The third-order valence-corrected chi connectivity index (χ3v) is 3.77. The molecule has 2 N–H and O–H groups in total. The van der Waals surface area contributed by atoms with Crippen LogP contribution in [0, 0.1) is 15.2 Å². The lowest BCUT2D eigenvalue weighted by molar-refractivity contribution is -0.123. The van der Waals surface area contributed by atoms with Gasteiger partial charge in [-0.15, -0.1) is 0 Å². The highest BCUT2D eigenvalue weighted by atomic mass is 127. The molecule has 2 rings (SSSR count). The van der Waals surface area contributed by atoms with Crippen LogP contribution in [0.3, 0.4) is 0 Å². The summed E-state index contributed by atoms with van der Waals surface area (Å²) in [6, 6.07) is 1.31. The number of amides is 4. The van der Waals surface area contributed by atoms with Gasteiger partial charge in [-0.2, -0.15) is 0 Å². The van der Waals surface area contributed by atoms with Crippen LogP contribution in [0.25, 0.3) is 0 Å². The molecule has 0 spiro atoms. The Morgan fingerprint density at radius 2 is 1.95 bits per heavy atom. The molecule has 1 aromatic carbocycles. The van der Waals surface area contributed by atoms with Crippen molar-refractivity contribution in [3.8, 4) is 0 Å². The van der Waals surface area contributed by atoms with E-state index in [2.05, 4.69) is 10.6 Å². The van der Waals surface area contributed by atoms with E-state index in [1.165, 1.54) is 22.6 Å². The zero-order valence-corrected chi connectivity index (χ0v) is 12.7. The Morgan fingerprint density at radius 1 is 1.33 bits per heavy atom. The van der Waals surface area contributed by atoms with Crippen molar-refractivity contribution in [3.63, 3.8) is 0 Å². The second kappa shape index (κ2) is 6.33. The van der Waals surface area contributed by atoms with E-state index in [9.17, 15) is 23.2 Å². The smallest absolute Gasteiger partial charge is 0.324 e. The molecule has 0 aliphatic carbocycles. The highest BCUT2D eigenvalue weighted by molar-refractivity contribution is 14.1. The zero-order chi connectivity index (χ0) is 15.6. The Kier molecular flexibility index (Phi) is 4.70. The molecule has 1 heterocycles. The van der Waals surface area contributed by atoms with Gasteiger partial charge < -0.3 is 10.2 Å². The van der Waals surface area contributed by atoms with Crippen LogP contribution in [0.5, 0.6) is 0 Å². The SMILES string of the molecule is O=C1CCN(CC(=O)Nc2cc(F)c(I)c(F)c2)C(=O)N1. The first kappa shape index (κ1) is 15.6. The molecule has 4 amide bonds. The van der Waals surface area contributed by atoms with Crippen LogP contribution < -0.4 is 10.6 Å². The first-order valence-electron chi connectivity index (χ1n) is 5.90. The Bertz CT molecular complexity index is 601. The van der Waals surface area contributed by atoms with Gasteiger partial charge in [0, 0.05) is 18.7 Å². The molecular formula is C12H10F2IN3O3. The highest BCUT2D eigenvalue weighted by Crippen LogP contribution is 2.20. The second-order valence-electron chi connectivity index (χ2n) is 4.33. The quantitative estimate of drug-likeness (QED) is 0.586. The van der Waals surface area contributed by atoms with Crippen molar-refractivity contribution in [2.75, 3.05) is 18.4 Å². The van der Waals surface area contributed by atoms with E-state index in [1.807, 2.05) is 0 Å². The van der Waals surface area contributed by atoms with Gasteiger partial charge in [-0.05, 0) is 34.7 Å². The van der Waals surface area contributed by atoms with E-state index in [0.29, 0.717) is 0 Å². The average molecular weight is 409 g/mol. The molecule has 1 fully saturated rings. The monoisotopic (exact) mass is 409 g/mol. The van der Waals surface area contributed by atoms with Gasteiger partial charge in [-0.1, -0.05) is 0 Å². The summed E-state index contributed by atoms with van der Waals surface area (Å²) in [5.74, 6) is -2.59. The van der Waals surface area contributed by atoms with Crippen molar-refractivity contribution in [1.29, 1.82) is 0 Å². The number of anilines is 1. The van der Waals surface area contributed by atoms with Crippen LogP contribution >= 0.6 is 22.6 Å². The van der Waals surface area contributed by atoms with Crippen LogP contribution in [0.15, 0.2) is 12.1 Å². The van der Waals surface area contributed by atoms with Gasteiger partial charge in [0.2, 0.25) is 11.8 Å². The maximum absolute atomic E-state index is 13.3. The van der Waals surface area contributed by atoms with Crippen LogP contribution in [-0.2, 0) is 9.59 Å². The lowest BCUT2D eigenvalue weighted by atomic mass is 10.3. The van der Waals surface area contributed by atoms with E-state index < -0.39 is 29.5 Å². The van der Waals surface area contributed by atoms with E-state index in [-0.39, 0.29) is 28.8 Å². The molecule has 0 aromatic heterocycles. The number of nitrogens with zero attached hydrogens (tertiary/aromatic N) is 1. The maximum Gasteiger partial charge on any atom is 0.324 e. The molecule has 1 aliphatic heterocycles. The summed E-state index contributed by atoms with van der Waals surface area (Å²) in [5.41, 5.74) is -0.0380. The fourth-order valence-electron chi connectivity index (χ4n) is 1.75. The number of rotatable bonds is 3. The topological polar surface area (TPSA) is 78.5 Å². The van der Waals surface area contributed by atoms with Crippen molar-refractivity contribution in [2.24, 2.45) is 0 Å². The van der Waals surface area contributed by atoms with Crippen molar-refractivity contribution in [1.82, 2.24) is 10.2 Å². The van der Waals surface area contributed by atoms with E-state index in [1.54, 1.807) is 0 Å². The molecule has 21 heavy (non-hydrogen) atoms. The summed E-state index contributed by atoms with van der Waals surface area (Å²) >= 11 is 1.51. The molecule has 9 heteroatoms. The van der Waals surface area contributed by atoms with Gasteiger partial charge in [-0.25, -0.2) is 13.6 Å². The van der Waals surface area contributed by atoms with Crippen molar-refractivity contribution in [2.45, 2.75) is 6.42 Å². The number of carbonyl (C=O) groups is 3. The lowest BCUT2D eigenvalue weighted by Crippen LogP contribution is -2.51. The molecule has 6 nitrogen and oxygen atoms in total. The minimum absolute atomic E-state index is 0.0380. The molecule has 112 valence electrons. The number of imide groups is 1. The fraction of sp³-hybridized carbons (Fsp3) is 0.250. The lowest BCUT2D eigenvalue weighted by Gasteiger charge is -2.25. The van der Waals surface area contributed by atoms with Crippen LogP contribution in [-0.4, -0.2) is 35.8 Å². The average Bonchev–Trinajstić information content (AvgIpc) is 2.39. The van der Waals surface area contributed by atoms with Gasteiger partial charge in [0.25, 0.3) is 0 Å².